The van der Waals surface area contributed by atoms with Crippen LogP contribution in [0.5, 0.6) is 0 Å². The van der Waals surface area contributed by atoms with Gasteiger partial charge < -0.3 is 10.4 Å². The highest BCUT2D eigenvalue weighted by Gasteiger charge is 2.11. The molecule has 0 amide bonds. The fourth-order valence-corrected chi connectivity index (χ4v) is 2.42. The van der Waals surface area contributed by atoms with Crippen molar-refractivity contribution in [3.8, 4) is 6.07 Å². The van der Waals surface area contributed by atoms with Crippen LogP contribution in [0.1, 0.15) is 22.7 Å². The zero-order chi connectivity index (χ0) is 15.2. The van der Waals surface area contributed by atoms with Crippen molar-refractivity contribution in [1.29, 1.82) is 5.26 Å². The molecule has 0 radical (unpaired) electrons. The quantitative estimate of drug-likeness (QED) is 0.871. The molecule has 2 N–H and O–H groups in total. The lowest BCUT2D eigenvalue weighted by molar-refractivity contribution is 0.243. The van der Waals surface area contributed by atoms with E-state index in [2.05, 4.69) is 21.2 Å². The molecule has 108 valence electrons. The maximum atomic E-state index is 13.8. The molecule has 2 aromatic carbocycles. The number of nitrogens with one attached hydrogen (secondary N) is 1. The highest BCUT2D eigenvalue weighted by atomic mass is 79.9. The van der Waals surface area contributed by atoms with Crippen LogP contribution in [0.3, 0.4) is 0 Å². The summed E-state index contributed by atoms with van der Waals surface area (Å²) in [6.07, 6.45) is 0. The summed E-state index contributed by atoms with van der Waals surface area (Å²) < 4.78 is 14.7. The molecule has 3 nitrogen and oxygen atoms in total. The first-order valence-corrected chi connectivity index (χ1v) is 7.21. The average Bonchev–Trinajstić information content (AvgIpc) is 2.49. The maximum Gasteiger partial charge on any atom is 0.129 e. The molecular formula is C16H14BrFN2O. The second-order valence-corrected chi connectivity index (χ2v) is 5.50. The number of rotatable bonds is 5. The van der Waals surface area contributed by atoms with Crippen LogP contribution in [-0.2, 0) is 6.54 Å². The molecule has 2 rings (SSSR count). The summed E-state index contributed by atoms with van der Waals surface area (Å²) in [7, 11) is 0. The SMILES string of the molecule is N#Cc1ccc(CN[C@@H](CO)c2cccc(Br)c2)c(F)c1. The van der Waals surface area contributed by atoms with E-state index >= 15 is 0 Å². The minimum absolute atomic E-state index is 0.0889. The minimum Gasteiger partial charge on any atom is -0.394 e. The van der Waals surface area contributed by atoms with Crippen LogP contribution in [0.2, 0.25) is 0 Å². The van der Waals surface area contributed by atoms with E-state index in [9.17, 15) is 9.50 Å². The molecule has 1 atom stereocenters. The van der Waals surface area contributed by atoms with Crippen molar-refractivity contribution < 1.29 is 9.50 Å². The third-order valence-corrected chi connectivity index (χ3v) is 3.65. The van der Waals surface area contributed by atoms with Crippen LogP contribution in [-0.4, -0.2) is 11.7 Å². The Morgan fingerprint density at radius 1 is 1.29 bits per heavy atom. The summed E-state index contributed by atoms with van der Waals surface area (Å²) in [5.41, 5.74) is 1.67. The Labute approximate surface area is 131 Å². The van der Waals surface area contributed by atoms with Gasteiger partial charge in [-0.2, -0.15) is 5.26 Å². The molecule has 0 aliphatic carbocycles. The first-order chi connectivity index (χ1) is 10.1. The molecule has 0 bridgehead atoms. The van der Waals surface area contributed by atoms with E-state index in [-0.39, 0.29) is 19.2 Å². The lowest BCUT2D eigenvalue weighted by atomic mass is 10.1. The maximum absolute atomic E-state index is 13.8. The third-order valence-electron chi connectivity index (χ3n) is 3.15. The van der Waals surface area contributed by atoms with Crippen LogP contribution >= 0.6 is 15.9 Å². The van der Waals surface area contributed by atoms with Gasteiger partial charge in [0.1, 0.15) is 5.82 Å². The molecule has 0 spiro atoms. The summed E-state index contributed by atoms with van der Waals surface area (Å²) >= 11 is 3.38. The molecule has 0 unspecified atom stereocenters. The number of nitrogens with zero attached hydrogens (tertiary/aromatic N) is 1. The second-order valence-electron chi connectivity index (χ2n) is 4.59. The van der Waals surface area contributed by atoms with Crippen molar-refractivity contribution in [2.75, 3.05) is 6.61 Å². The van der Waals surface area contributed by atoms with Crippen molar-refractivity contribution in [3.63, 3.8) is 0 Å². The van der Waals surface area contributed by atoms with Gasteiger partial charge in [-0.25, -0.2) is 4.39 Å². The first kappa shape index (κ1) is 15.6. The molecule has 0 heterocycles. The summed E-state index contributed by atoms with van der Waals surface area (Å²) in [6.45, 7) is 0.184. The van der Waals surface area contributed by atoms with Crippen LogP contribution in [0.15, 0.2) is 46.9 Å². The zero-order valence-electron chi connectivity index (χ0n) is 11.2. The van der Waals surface area contributed by atoms with Gasteiger partial charge in [0, 0.05) is 16.6 Å². The van der Waals surface area contributed by atoms with Crippen LogP contribution in [0, 0.1) is 17.1 Å². The molecule has 0 aliphatic heterocycles. The topological polar surface area (TPSA) is 56.0 Å². The number of hydrogen-bond donors (Lipinski definition) is 2. The van der Waals surface area contributed by atoms with Crippen molar-refractivity contribution >= 4 is 15.9 Å². The van der Waals surface area contributed by atoms with Gasteiger partial charge in [0.05, 0.1) is 24.3 Å². The fraction of sp³-hybridized carbons (Fsp3) is 0.188. The van der Waals surface area contributed by atoms with Gasteiger partial charge in [-0.3, -0.25) is 0 Å². The number of halogens is 2. The first-order valence-electron chi connectivity index (χ1n) is 6.42. The van der Waals surface area contributed by atoms with E-state index in [4.69, 9.17) is 5.26 Å². The predicted molar refractivity (Wildman–Crippen MR) is 81.9 cm³/mol. The molecule has 0 saturated heterocycles. The highest BCUT2D eigenvalue weighted by Crippen LogP contribution is 2.19. The predicted octanol–water partition coefficient (Wildman–Crippen LogP) is 3.28. The van der Waals surface area contributed by atoms with Gasteiger partial charge in [-0.1, -0.05) is 34.1 Å². The Balaban J connectivity index is 2.09. The zero-order valence-corrected chi connectivity index (χ0v) is 12.8. The van der Waals surface area contributed by atoms with E-state index < -0.39 is 5.82 Å². The molecule has 2 aromatic rings. The van der Waals surface area contributed by atoms with Gasteiger partial charge >= 0.3 is 0 Å². The Kier molecular flexibility index (Phi) is 5.45. The van der Waals surface area contributed by atoms with Gasteiger partial charge in [0.25, 0.3) is 0 Å². The summed E-state index contributed by atoms with van der Waals surface area (Å²) in [5.74, 6) is -0.424. The average molecular weight is 349 g/mol. The van der Waals surface area contributed by atoms with E-state index in [0.29, 0.717) is 11.1 Å². The van der Waals surface area contributed by atoms with E-state index in [1.807, 2.05) is 30.3 Å². The monoisotopic (exact) mass is 348 g/mol. The lowest BCUT2D eigenvalue weighted by Gasteiger charge is -2.17. The van der Waals surface area contributed by atoms with E-state index in [0.717, 1.165) is 10.0 Å². The molecule has 0 fully saturated rings. The summed E-state index contributed by atoms with van der Waals surface area (Å²) in [6, 6.07) is 13.6. The van der Waals surface area contributed by atoms with Crippen LogP contribution in [0.4, 0.5) is 4.39 Å². The molecule has 21 heavy (non-hydrogen) atoms. The summed E-state index contributed by atoms with van der Waals surface area (Å²) in [4.78, 5) is 0. The number of benzene rings is 2. The highest BCUT2D eigenvalue weighted by molar-refractivity contribution is 9.10. The third kappa shape index (κ3) is 4.11. The van der Waals surface area contributed by atoms with Crippen molar-refractivity contribution in [3.05, 3.63) is 69.4 Å². The lowest BCUT2D eigenvalue weighted by Crippen LogP contribution is -2.24. The normalized spacial score (nSPS) is 11.9. The summed E-state index contributed by atoms with van der Waals surface area (Å²) in [5, 5.41) is 21.3. The van der Waals surface area contributed by atoms with Crippen LogP contribution in [0.25, 0.3) is 0 Å². The van der Waals surface area contributed by atoms with Crippen molar-refractivity contribution in [2.45, 2.75) is 12.6 Å². The fourth-order valence-electron chi connectivity index (χ4n) is 2.00. The molecular weight excluding hydrogens is 335 g/mol. The standard InChI is InChI=1S/C16H14BrFN2O/c17-14-3-1-2-12(7-14)16(10-21)20-9-13-5-4-11(8-19)6-15(13)18/h1-7,16,20-21H,9-10H2/t16-/m0/s1. The number of hydrogen-bond acceptors (Lipinski definition) is 3. The molecule has 0 saturated carbocycles. The van der Waals surface area contributed by atoms with E-state index in [1.165, 1.54) is 6.07 Å². The second kappa shape index (κ2) is 7.32. The van der Waals surface area contributed by atoms with Gasteiger partial charge in [-0.15, -0.1) is 0 Å². The number of aliphatic hydroxyl groups excluding tert-OH is 1. The Morgan fingerprint density at radius 2 is 2.10 bits per heavy atom. The van der Waals surface area contributed by atoms with Crippen molar-refractivity contribution in [1.82, 2.24) is 5.32 Å². The number of nitriles is 1. The minimum atomic E-state index is -0.424. The molecule has 0 aromatic heterocycles. The smallest absolute Gasteiger partial charge is 0.129 e. The molecule has 5 heteroatoms. The van der Waals surface area contributed by atoms with Crippen molar-refractivity contribution in [2.24, 2.45) is 0 Å². The van der Waals surface area contributed by atoms with Crippen LogP contribution < -0.4 is 5.32 Å². The van der Waals surface area contributed by atoms with Gasteiger partial charge in [0.2, 0.25) is 0 Å². The Hall–Kier alpha value is -1.74. The Bertz CT molecular complexity index is 670. The number of aliphatic hydroxyl groups is 1. The largest absolute Gasteiger partial charge is 0.394 e. The Morgan fingerprint density at radius 3 is 2.71 bits per heavy atom. The van der Waals surface area contributed by atoms with Gasteiger partial charge in [0.15, 0.2) is 0 Å². The van der Waals surface area contributed by atoms with E-state index in [1.54, 1.807) is 12.1 Å². The van der Waals surface area contributed by atoms with Gasteiger partial charge in [-0.05, 0) is 29.8 Å². The molecule has 0 aliphatic rings.